The summed E-state index contributed by atoms with van der Waals surface area (Å²) in [6.45, 7) is 0. The summed E-state index contributed by atoms with van der Waals surface area (Å²) in [6, 6.07) is 14.1. The van der Waals surface area contributed by atoms with Crippen molar-refractivity contribution in [3.05, 3.63) is 64.9 Å². The summed E-state index contributed by atoms with van der Waals surface area (Å²) in [5.41, 5.74) is 0.636. The van der Waals surface area contributed by atoms with Gasteiger partial charge in [-0.15, -0.1) is 0 Å². The van der Waals surface area contributed by atoms with Gasteiger partial charge in [0.15, 0.2) is 10.6 Å². The van der Waals surface area contributed by atoms with Gasteiger partial charge in [-0.3, -0.25) is 9.67 Å². The smallest absolute Gasteiger partial charge is 0.268 e. The van der Waals surface area contributed by atoms with E-state index < -0.39 is 11.7 Å². The number of hydrogen-bond acceptors (Lipinski definition) is 2. The van der Waals surface area contributed by atoms with E-state index in [2.05, 4.69) is 10.2 Å². The van der Waals surface area contributed by atoms with Crippen LogP contribution in [0, 0.1) is 4.77 Å². The van der Waals surface area contributed by atoms with Crippen molar-refractivity contribution < 1.29 is 13.2 Å². The van der Waals surface area contributed by atoms with E-state index in [1.807, 2.05) is 30.3 Å². The first kappa shape index (κ1) is 14.5. The molecule has 0 fully saturated rings. The number of nitrogens with one attached hydrogen (secondary N) is 1. The number of halogens is 3. The first-order valence-electron chi connectivity index (χ1n) is 6.37. The lowest BCUT2D eigenvalue weighted by atomic mass is 10.1. The van der Waals surface area contributed by atoms with Gasteiger partial charge in [-0.05, 0) is 36.5 Å². The number of aromatic amines is 1. The molecule has 0 saturated heterocycles. The quantitative estimate of drug-likeness (QED) is 0.699. The molecule has 3 aromatic rings. The molecule has 0 amide bonds. The van der Waals surface area contributed by atoms with Crippen LogP contribution in [0.1, 0.15) is 5.56 Å². The monoisotopic (exact) mass is 321 g/mol. The van der Waals surface area contributed by atoms with E-state index >= 15 is 0 Å². The average molecular weight is 321 g/mol. The molecule has 1 N–H and O–H groups in total. The second kappa shape index (κ2) is 5.42. The van der Waals surface area contributed by atoms with E-state index in [1.54, 1.807) is 4.57 Å². The molecule has 0 radical (unpaired) electrons. The van der Waals surface area contributed by atoms with Crippen molar-refractivity contribution in [1.29, 1.82) is 0 Å². The SMILES string of the molecule is FC(F)(F)c1ccc(-c2n[nH]c(=S)n2-c2ccccc2)cc1. The van der Waals surface area contributed by atoms with Gasteiger partial charge in [0, 0.05) is 11.3 Å². The average Bonchev–Trinajstić information content (AvgIpc) is 2.89. The minimum atomic E-state index is -4.36. The zero-order valence-electron chi connectivity index (χ0n) is 11.1. The van der Waals surface area contributed by atoms with E-state index in [1.165, 1.54) is 12.1 Å². The molecule has 7 heteroatoms. The van der Waals surface area contributed by atoms with Crippen LogP contribution in [-0.4, -0.2) is 14.8 Å². The lowest BCUT2D eigenvalue weighted by molar-refractivity contribution is -0.137. The van der Waals surface area contributed by atoms with Crippen LogP contribution in [0.4, 0.5) is 13.2 Å². The topological polar surface area (TPSA) is 33.6 Å². The highest BCUT2D eigenvalue weighted by Crippen LogP contribution is 2.31. The number of nitrogens with zero attached hydrogens (tertiary/aromatic N) is 2. The molecule has 3 nitrogen and oxygen atoms in total. The van der Waals surface area contributed by atoms with Gasteiger partial charge in [0.2, 0.25) is 0 Å². The Labute approximate surface area is 129 Å². The van der Waals surface area contributed by atoms with E-state index in [-0.39, 0.29) is 0 Å². The molecule has 0 atom stereocenters. The minimum absolute atomic E-state index is 0.376. The molecule has 112 valence electrons. The van der Waals surface area contributed by atoms with E-state index in [9.17, 15) is 13.2 Å². The molecule has 1 heterocycles. The van der Waals surface area contributed by atoms with Crippen LogP contribution in [0.2, 0.25) is 0 Å². The summed E-state index contributed by atoms with van der Waals surface area (Å²) < 4.78 is 39.9. The molecule has 0 spiro atoms. The highest BCUT2D eigenvalue weighted by Gasteiger charge is 2.30. The lowest BCUT2D eigenvalue weighted by Gasteiger charge is -2.09. The number of para-hydroxylation sites is 1. The van der Waals surface area contributed by atoms with Crippen molar-refractivity contribution in [2.75, 3.05) is 0 Å². The molecule has 0 bridgehead atoms. The van der Waals surface area contributed by atoms with Crippen molar-refractivity contribution in [3.63, 3.8) is 0 Å². The van der Waals surface area contributed by atoms with Crippen LogP contribution in [0.3, 0.4) is 0 Å². The molecule has 0 aliphatic rings. The number of H-pyrrole nitrogens is 1. The predicted octanol–water partition coefficient (Wildman–Crippen LogP) is 4.62. The van der Waals surface area contributed by atoms with Gasteiger partial charge < -0.3 is 0 Å². The third-order valence-corrected chi connectivity index (χ3v) is 3.43. The fraction of sp³-hybridized carbons (Fsp3) is 0.0667. The first-order valence-corrected chi connectivity index (χ1v) is 6.78. The Morgan fingerprint density at radius 3 is 2.18 bits per heavy atom. The Morgan fingerprint density at radius 1 is 0.955 bits per heavy atom. The summed E-state index contributed by atoms with van der Waals surface area (Å²) >= 11 is 5.20. The van der Waals surface area contributed by atoms with E-state index in [4.69, 9.17) is 12.2 Å². The van der Waals surface area contributed by atoms with Crippen LogP contribution in [0.25, 0.3) is 17.1 Å². The van der Waals surface area contributed by atoms with Crippen molar-refractivity contribution >= 4 is 12.2 Å². The zero-order chi connectivity index (χ0) is 15.7. The molecule has 22 heavy (non-hydrogen) atoms. The van der Waals surface area contributed by atoms with Gasteiger partial charge >= 0.3 is 6.18 Å². The highest BCUT2D eigenvalue weighted by atomic mass is 32.1. The standard InChI is InChI=1S/C15H10F3N3S/c16-15(17,18)11-8-6-10(7-9-11)13-19-20-14(22)21(13)12-4-2-1-3-5-12/h1-9H,(H,20,22). The minimum Gasteiger partial charge on any atom is -0.268 e. The van der Waals surface area contributed by atoms with Gasteiger partial charge in [-0.2, -0.15) is 18.3 Å². The Bertz CT molecular complexity index is 833. The summed E-state index contributed by atoms with van der Waals surface area (Å²) in [7, 11) is 0. The molecule has 0 aliphatic carbocycles. The lowest BCUT2D eigenvalue weighted by Crippen LogP contribution is -2.04. The van der Waals surface area contributed by atoms with Gasteiger partial charge in [0.25, 0.3) is 0 Å². The summed E-state index contributed by atoms with van der Waals surface area (Å²) in [5.74, 6) is 0.463. The zero-order valence-corrected chi connectivity index (χ0v) is 11.9. The maximum atomic E-state index is 12.6. The first-order chi connectivity index (χ1) is 10.5. The maximum Gasteiger partial charge on any atom is 0.416 e. The number of alkyl halides is 3. The molecule has 1 aromatic heterocycles. The molecule has 0 saturated carbocycles. The van der Waals surface area contributed by atoms with E-state index in [0.29, 0.717) is 16.2 Å². The van der Waals surface area contributed by atoms with Crippen LogP contribution < -0.4 is 0 Å². The Balaban J connectivity index is 2.09. The predicted molar refractivity (Wildman–Crippen MR) is 79.2 cm³/mol. The molecule has 3 rings (SSSR count). The Kier molecular flexibility index (Phi) is 3.58. The van der Waals surface area contributed by atoms with Gasteiger partial charge in [0.05, 0.1) is 5.56 Å². The van der Waals surface area contributed by atoms with Crippen molar-refractivity contribution in [3.8, 4) is 17.1 Å². The van der Waals surface area contributed by atoms with Gasteiger partial charge in [0.1, 0.15) is 0 Å². The number of aromatic nitrogens is 3. The molecule has 2 aromatic carbocycles. The third kappa shape index (κ3) is 2.67. The number of rotatable bonds is 2. The second-order valence-corrected chi connectivity index (χ2v) is 4.99. The van der Waals surface area contributed by atoms with Gasteiger partial charge in [-0.1, -0.05) is 30.3 Å². The second-order valence-electron chi connectivity index (χ2n) is 4.60. The summed E-state index contributed by atoms with van der Waals surface area (Å²) in [6.07, 6.45) is -4.36. The van der Waals surface area contributed by atoms with Crippen LogP contribution in [0.15, 0.2) is 54.6 Å². The Morgan fingerprint density at radius 2 is 1.59 bits per heavy atom. The molecule has 0 unspecified atom stereocenters. The number of benzene rings is 2. The largest absolute Gasteiger partial charge is 0.416 e. The molecular formula is C15H10F3N3S. The summed E-state index contributed by atoms with van der Waals surface area (Å²) in [5, 5.41) is 6.79. The fourth-order valence-electron chi connectivity index (χ4n) is 2.12. The fourth-order valence-corrected chi connectivity index (χ4v) is 2.35. The normalized spacial score (nSPS) is 11.6. The van der Waals surface area contributed by atoms with E-state index in [0.717, 1.165) is 17.8 Å². The van der Waals surface area contributed by atoms with Crippen molar-refractivity contribution in [2.24, 2.45) is 0 Å². The summed E-state index contributed by atoms with van der Waals surface area (Å²) in [4.78, 5) is 0. The molecule has 0 aliphatic heterocycles. The maximum absolute atomic E-state index is 12.6. The van der Waals surface area contributed by atoms with Crippen LogP contribution in [0.5, 0.6) is 0 Å². The van der Waals surface area contributed by atoms with Gasteiger partial charge in [-0.25, -0.2) is 0 Å². The number of hydrogen-bond donors (Lipinski definition) is 1. The Hall–Kier alpha value is -2.41. The van der Waals surface area contributed by atoms with Crippen molar-refractivity contribution in [1.82, 2.24) is 14.8 Å². The van der Waals surface area contributed by atoms with Crippen LogP contribution in [-0.2, 0) is 6.18 Å². The highest BCUT2D eigenvalue weighted by molar-refractivity contribution is 7.71. The molecular weight excluding hydrogens is 311 g/mol. The third-order valence-electron chi connectivity index (χ3n) is 3.16. The van der Waals surface area contributed by atoms with Crippen LogP contribution >= 0.6 is 12.2 Å². The van der Waals surface area contributed by atoms with Crippen molar-refractivity contribution in [2.45, 2.75) is 6.18 Å².